The number of likely N-dealkylation sites (tertiary alicyclic amines) is 2. The van der Waals surface area contributed by atoms with Crippen molar-refractivity contribution in [2.24, 2.45) is 26.2 Å². The second-order valence-corrected chi connectivity index (χ2v) is 46.4. The summed E-state index contributed by atoms with van der Waals surface area (Å²) in [6.07, 6.45) is 48.7. The van der Waals surface area contributed by atoms with E-state index in [1.807, 2.05) is 24.3 Å². The van der Waals surface area contributed by atoms with Crippen LogP contribution in [0.3, 0.4) is 0 Å². The lowest BCUT2D eigenvalue weighted by molar-refractivity contribution is -0.113. The Morgan fingerprint density at radius 1 is 0.424 bits per heavy atom. The van der Waals surface area contributed by atoms with Crippen LogP contribution in [0.2, 0.25) is 0 Å². The number of nitrogens with zero attached hydrogens (tertiary/aromatic N) is 10. The van der Waals surface area contributed by atoms with Gasteiger partial charge in [-0.1, -0.05) is 140 Å². The van der Waals surface area contributed by atoms with E-state index < -0.39 is 26.6 Å². The molecule has 0 aromatic heterocycles. The summed E-state index contributed by atoms with van der Waals surface area (Å²) >= 11 is 0. The maximum absolute atomic E-state index is 13.2. The van der Waals surface area contributed by atoms with Crippen molar-refractivity contribution in [3.8, 4) is 0 Å². The lowest BCUT2D eigenvalue weighted by Gasteiger charge is -2.46. The third-order valence-electron chi connectivity index (χ3n) is 31.9. The highest BCUT2D eigenvalue weighted by molar-refractivity contribution is 7.91. The van der Waals surface area contributed by atoms with Gasteiger partial charge >= 0.3 is 0 Å². The number of carbonyl (C=O) groups excluding carboxylic acids is 4. The van der Waals surface area contributed by atoms with Crippen LogP contribution in [-0.4, -0.2) is 180 Å². The van der Waals surface area contributed by atoms with E-state index in [1.165, 1.54) is 118 Å². The first-order valence-corrected chi connectivity index (χ1v) is 55.0. The number of allylic oxidation sites excluding steroid dienone is 14. The molecule has 13 aliphatic rings. The number of carbonyl (C=O) groups is 4. The lowest BCUT2D eigenvalue weighted by Crippen LogP contribution is -2.52. The van der Waals surface area contributed by atoms with Gasteiger partial charge in [-0.05, 0) is 343 Å². The number of aliphatic imine (C=N–C) groups is 2. The fourth-order valence-corrected chi connectivity index (χ4v) is 23.3. The van der Waals surface area contributed by atoms with Crippen molar-refractivity contribution >= 4 is 89.9 Å². The molecule has 0 atom stereocenters. The summed E-state index contributed by atoms with van der Waals surface area (Å²) in [5.41, 5.74) is 19.7. The summed E-state index contributed by atoms with van der Waals surface area (Å²) in [6, 6.07) is 25.2. The van der Waals surface area contributed by atoms with Crippen LogP contribution in [-0.2, 0) is 70.3 Å². The minimum atomic E-state index is -2.98. The predicted molar refractivity (Wildman–Crippen MR) is 582 cm³/mol. The average molecular weight is 1970 g/mol. The third kappa shape index (κ3) is 28.7. The van der Waals surface area contributed by atoms with Crippen LogP contribution in [0.4, 0.5) is 22.7 Å². The number of morpholine rings is 1. The van der Waals surface area contributed by atoms with Crippen molar-refractivity contribution in [1.29, 1.82) is 0 Å². The third-order valence-corrected chi connectivity index (χ3v) is 33.5. The van der Waals surface area contributed by atoms with E-state index in [0.717, 1.165) is 204 Å². The van der Waals surface area contributed by atoms with E-state index in [1.54, 1.807) is 36.5 Å². The zero-order valence-electron chi connectivity index (χ0n) is 87.7. The quantitative estimate of drug-likeness (QED) is 0.0263. The van der Waals surface area contributed by atoms with Crippen LogP contribution in [0.25, 0.3) is 41.7 Å². The number of amides is 4. The summed E-state index contributed by atoms with van der Waals surface area (Å²) in [5, 5.41) is 12.5. The van der Waals surface area contributed by atoms with Crippen molar-refractivity contribution in [3.63, 3.8) is 0 Å². The smallest absolute Gasteiger partial charge is 0.293 e. The number of hydrogen-bond acceptors (Lipinski definition) is 16. The molecule has 5 fully saturated rings. The van der Waals surface area contributed by atoms with Crippen LogP contribution in [0.5, 0.6) is 0 Å². The lowest BCUT2D eigenvalue weighted by atomic mass is 9.72. The highest BCUT2D eigenvalue weighted by Crippen LogP contribution is 2.52. The molecular formula is C119H154N14O10S. The minimum absolute atomic E-state index is 0.133. The second kappa shape index (κ2) is 49.1. The molecule has 4 aromatic rings. The first kappa shape index (κ1) is 109. The van der Waals surface area contributed by atoms with Gasteiger partial charge in [0.15, 0.2) is 32.7 Å². The van der Waals surface area contributed by atoms with Crippen molar-refractivity contribution in [2.75, 3.05) is 138 Å². The molecule has 4 aromatic carbocycles. The zero-order valence-corrected chi connectivity index (χ0v) is 88.5. The maximum Gasteiger partial charge on any atom is 0.293 e. The van der Waals surface area contributed by atoms with Gasteiger partial charge in [-0.2, -0.15) is 0 Å². The Kier molecular flexibility index (Phi) is 37.1. The predicted octanol–water partition coefficient (Wildman–Crippen LogP) is 24.7. The number of anilines is 4. The van der Waals surface area contributed by atoms with E-state index in [4.69, 9.17) is 45.2 Å². The Morgan fingerprint density at radius 2 is 0.819 bits per heavy atom. The molecule has 0 radical (unpaired) electrons. The SMILES string of the molecule is [C-]#[N+]C1=CCC(C(=O)Nc2ccc(C(C)(C)OCCCN3CCCC3)cc2C2=CCCCC2)=N1.[C-]#[N+]C1=CCC(C(=O)Nc2ccc(C(C)(C)OCCN3CCCC3)cc2C2=CCC(C)(C)CC2)=C1.[C-]#[N+]C1=CCC(C(=O)Nc2ccc(C(C)(C)OCCN3CCOCC3)cc2C2=CCC(C)(C)CC2)=C1.[C-]#[N+]C1=CCC(C(=O)Nc2ccc(C(CC)(CC)N3CCS(=O)(=O)CC3)cc2C2=CCC3(CCCC3)CC2)=N1. The van der Waals surface area contributed by atoms with Gasteiger partial charge < -0.3 is 59.7 Å². The summed E-state index contributed by atoms with van der Waals surface area (Å²) in [5.74, 6) is 0.186. The molecule has 4 amide bonds. The molecule has 6 aliphatic heterocycles. The molecule has 25 heteroatoms. The minimum Gasteiger partial charge on any atom is -0.379 e. The number of hydrogen-bond donors (Lipinski definition) is 4. The van der Waals surface area contributed by atoms with Crippen molar-refractivity contribution < 1.29 is 46.5 Å². The number of sulfone groups is 1. The van der Waals surface area contributed by atoms with Crippen LogP contribution < -0.4 is 21.3 Å². The molecule has 0 bridgehead atoms. The molecule has 7 aliphatic carbocycles. The number of rotatable bonds is 32. The molecule has 17 rings (SSSR count). The van der Waals surface area contributed by atoms with Gasteiger partial charge in [0.1, 0.15) is 0 Å². The van der Waals surface area contributed by atoms with E-state index in [0.29, 0.717) is 108 Å². The molecule has 6 heterocycles. The monoisotopic (exact) mass is 1970 g/mol. The van der Waals surface area contributed by atoms with Gasteiger partial charge in [-0.15, -0.1) is 9.98 Å². The van der Waals surface area contributed by atoms with Crippen molar-refractivity contribution in [3.05, 3.63) is 258 Å². The summed E-state index contributed by atoms with van der Waals surface area (Å²) in [7, 11) is -2.98. The number of ether oxygens (including phenoxy) is 4. The molecule has 144 heavy (non-hydrogen) atoms. The fourth-order valence-electron chi connectivity index (χ4n) is 22.1. The largest absolute Gasteiger partial charge is 0.379 e. The molecule has 1 saturated carbocycles. The molecule has 4 N–H and O–H groups in total. The fraction of sp³-hybridized carbons (Fsp3) is 0.546. The summed E-state index contributed by atoms with van der Waals surface area (Å²) < 4.78 is 49.0. The van der Waals surface area contributed by atoms with Gasteiger partial charge in [0.05, 0.1) is 67.9 Å². The average Bonchev–Trinajstić information content (AvgIpc) is 0.867. The molecule has 24 nitrogen and oxygen atoms in total. The standard InChI is InChI=1S/C31H40N4O3S.C30H39N3O3.C30H39N3O2.C28H36N4O2/c1-4-31(5-2,35-18-20-39(37,38)21-19-35)24-8-9-26(34-29(36)27-10-11-28(32-3)33-27)25(22-24)23-12-16-30(17-13-23)14-6-7-15-30;1-29(2)12-10-22(11-13-29)26-21-24(30(3,4)36-19-16-33-14-17-35-18-15-33)7-9-27(26)32-28(34)23-6-8-25(20-23)31-5;1-29(2)14-12-22(13-15-29)26-21-24(30(3,4)35-19-18-33-16-6-7-17-33)9-11-27(26)32-28(34)23-8-10-25(20-23)31-5;1-28(2,34-19-9-18-32-16-7-8-17-32)22-12-13-24(23(20-22)21-10-5-4-6-11-21)31-27(33)25-14-15-26(29-3)30-25/h8-9,11-12,22H,4-7,10,13-21H2,1-2H3,(H,34,36);7-10,20-21H,6,11-19H2,1-4H3,(H,32,34);9-12,20-21H,6-8,13-19H2,1-4H3,(H,32,34);10,12-13,15,20H,4-9,11,14,16-19H2,1-2H3,(H,31,33). The molecule has 0 unspecified atom stereocenters. The maximum atomic E-state index is 13.2. The number of nitrogens with one attached hydrogen (secondary N) is 4. The summed E-state index contributed by atoms with van der Waals surface area (Å²) in [6.45, 7) is 69.4. The van der Waals surface area contributed by atoms with E-state index in [-0.39, 0.29) is 46.5 Å². The molecular weight excluding hydrogens is 1820 g/mol. The first-order chi connectivity index (χ1) is 69.0. The van der Waals surface area contributed by atoms with Gasteiger partial charge in [-0.25, -0.2) is 18.1 Å². The van der Waals surface area contributed by atoms with Gasteiger partial charge in [0, 0.05) is 127 Å². The van der Waals surface area contributed by atoms with Gasteiger partial charge in [-0.3, -0.25) is 29.0 Å². The Labute approximate surface area is 857 Å². The molecule has 4 saturated heterocycles. The molecule has 1 spiro atoms. The normalized spacial score (nSPS) is 20.5. The summed E-state index contributed by atoms with van der Waals surface area (Å²) in [4.78, 5) is 83.7. The van der Waals surface area contributed by atoms with Gasteiger partial charge in [0.25, 0.3) is 35.3 Å². The number of benzene rings is 4. The Bertz CT molecular complexity index is 6070. The van der Waals surface area contributed by atoms with Crippen molar-refractivity contribution in [2.45, 2.75) is 285 Å². The van der Waals surface area contributed by atoms with E-state index in [2.05, 4.69) is 226 Å². The van der Waals surface area contributed by atoms with E-state index in [9.17, 15) is 27.6 Å². The Morgan fingerprint density at radius 3 is 1.20 bits per heavy atom. The highest BCUT2D eigenvalue weighted by atomic mass is 32.2. The van der Waals surface area contributed by atoms with Crippen LogP contribution in [0.1, 0.15) is 307 Å². The van der Waals surface area contributed by atoms with Crippen LogP contribution in [0, 0.1) is 42.5 Å². The van der Waals surface area contributed by atoms with Crippen LogP contribution in [0.15, 0.2) is 178 Å². The Balaban J connectivity index is 0.000000152. The van der Waals surface area contributed by atoms with Crippen molar-refractivity contribution in [1.82, 2.24) is 19.6 Å². The Hall–Kier alpha value is -10.9. The van der Waals surface area contributed by atoms with E-state index >= 15 is 0 Å². The molecule has 766 valence electrons. The zero-order chi connectivity index (χ0) is 102. The van der Waals surface area contributed by atoms with Crippen LogP contribution >= 0.6 is 0 Å². The first-order valence-electron chi connectivity index (χ1n) is 53.1. The van der Waals surface area contributed by atoms with Gasteiger partial charge in [0.2, 0.25) is 0 Å². The highest BCUT2D eigenvalue weighted by Gasteiger charge is 2.42. The second-order valence-electron chi connectivity index (χ2n) is 44.1. The topological polar surface area (TPSA) is 243 Å².